The lowest BCUT2D eigenvalue weighted by atomic mass is 10.2. The molecule has 0 aliphatic carbocycles. The molecule has 1 atom stereocenters. The molecular formula is C14H12N2O3S. The third kappa shape index (κ3) is 2.22. The molecule has 1 saturated heterocycles. The van der Waals surface area contributed by atoms with Crippen LogP contribution in [0.25, 0.3) is 10.9 Å². The minimum absolute atomic E-state index is 0.289. The molecule has 0 saturated carbocycles. The summed E-state index contributed by atoms with van der Waals surface area (Å²) in [5.41, 5.74) is 1.02. The number of rotatable bonds is 2. The second-order valence-electron chi connectivity index (χ2n) is 4.52. The van der Waals surface area contributed by atoms with E-state index >= 15 is 0 Å². The standard InChI is InChI=1S/C14H12N2O3S/c17-13(16-8-20-7-12(16)14(18)19)11-6-5-9-3-1-2-4-10(9)15-11/h1-6,12H,7-8H2,(H,18,19)/t12-/m0/s1. The molecule has 0 radical (unpaired) electrons. The highest BCUT2D eigenvalue weighted by Crippen LogP contribution is 2.23. The summed E-state index contributed by atoms with van der Waals surface area (Å²) in [4.78, 5) is 29.2. The van der Waals surface area contributed by atoms with Crippen molar-refractivity contribution in [2.75, 3.05) is 11.6 Å². The highest BCUT2D eigenvalue weighted by Gasteiger charge is 2.35. The van der Waals surface area contributed by atoms with Gasteiger partial charge in [0.2, 0.25) is 0 Å². The molecule has 102 valence electrons. The molecule has 3 rings (SSSR count). The monoisotopic (exact) mass is 288 g/mol. The summed E-state index contributed by atoms with van der Waals surface area (Å²) in [6.07, 6.45) is 0. The number of carbonyl (C=O) groups excluding carboxylic acids is 1. The number of aliphatic carboxylic acids is 1. The fraction of sp³-hybridized carbons (Fsp3) is 0.214. The van der Waals surface area contributed by atoms with Crippen LogP contribution in [-0.2, 0) is 4.79 Å². The van der Waals surface area contributed by atoms with Crippen LogP contribution in [0.1, 0.15) is 10.5 Å². The molecule has 6 heteroatoms. The summed E-state index contributed by atoms with van der Waals surface area (Å²) in [6.45, 7) is 0. The van der Waals surface area contributed by atoms with Crippen molar-refractivity contribution < 1.29 is 14.7 Å². The number of fused-ring (bicyclic) bond motifs is 1. The van der Waals surface area contributed by atoms with Crippen molar-refractivity contribution >= 4 is 34.5 Å². The lowest BCUT2D eigenvalue weighted by Crippen LogP contribution is -2.42. The molecule has 20 heavy (non-hydrogen) atoms. The Labute approximate surface area is 119 Å². The van der Waals surface area contributed by atoms with Crippen molar-refractivity contribution in [3.63, 3.8) is 0 Å². The zero-order valence-corrected chi connectivity index (χ0v) is 11.3. The van der Waals surface area contributed by atoms with Gasteiger partial charge in [0.05, 0.1) is 11.4 Å². The Morgan fingerprint density at radius 1 is 1.25 bits per heavy atom. The van der Waals surface area contributed by atoms with Crippen LogP contribution >= 0.6 is 11.8 Å². The third-order valence-corrected chi connectivity index (χ3v) is 4.26. The van der Waals surface area contributed by atoms with Crippen molar-refractivity contribution in [1.29, 1.82) is 0 Å². The average molecular weight is 288 g/mol. The number of carbonyl (C=O) groups is 2. The normalized spacial score (nSPS) is 18.4. The minimum atomic E-state index is -0.968. The SMILES string of the molecule is O=C(O)[C@@H]1CSCN1C(=O)c1ccc2ccccc2n1. The molecule has 1 aliphatic rings. The van der Waals surface area contributed by atoms with E-state index in [-0.39, 0.29) is 11.6 Å². The Morgan fingerprint density at radius 2 is 2.05 bits per heavy atom. The topological polar surface area (TPSA) is 70.5 Å². The molecule has 1 aromatic heterocycles. The number of benzene rings is 1. The summed E-state index contributed by atoms with van der Waals surface area (Å²) in [7, 11) is 0. The van der Waals surface area contributed by atoms with Gasteiger partial charge in [-0.05, 0) is 12.1 Å². The predicted octanol–water partition coefficient (Wildman–Crippen LogP) is 1.83. The van der Waals surface area contributed by atoms with E-state index < -0.39 is 12.0 Å². The van der Waals surface area contributed by atoms with Crippen LogP contribution in [-0.4, -0.2) is 44.5 Å². The fourth-order valence-electron chi connectivity index (χ4n) is 2.18. The van der Waals surface area contributed by atoms with Gasteiger partial charge in [-0.3, -0.25) is 4.79 Å². The first-order valence-electron chi connectivity index (χ1n) is 6.14. The molecular weight excluding hydrogens is 276 g/mol. The van der Waals surface area contributed by atoms with Crippen LogP contribution in [0.15, 0.2) is 36.4 Å². The summed E-state index contributed by atoms with van der Waals surface area (Å²) in [6, 6.07) is 10.2. The molecule has 2 heterocycles. The van der Waals surface area contributed by atoms with E-state index in [2.05, 4.69) is 4.98 Å². The van der Waals surface area contributed by atoms with Gasteiger partial charge in [-0.25, -0.2) is 9.78 Å². The van der Waals surface area contributed by atoms with Crippen LogP contribution in [0.5, 0.6) is 0 Å². The molecule has 5 nitrogen and oxygen atoms in total. The second-order valence-corrected chi connectivity index (χ2v) is 5.52. The Kier molecular flexibility index (Phi) is 3.31. The Hall–Kier alpha value is -2.08. The zero-order valence-electron chi connectivity index (χ0n) is 10.5. The van der Waals surface area contributed by atoms with Gasteiger partial charge in [0.15, 0.2) is 0 Å². The first-order chi connectivity index (χ1) is 9.66. The molecule has 1 amide bonds. The third-order valence-electron chi connectivity index (χ3n) is 3.25. The lowest BCUT2D eigenvalue weighted by Gasteiger charge is -2.20. The number of carboxylic acids is 1. The van der Waals surface area contributed by atoms with Gasteiger partial charge in [-0.2, -0.15) is 0 Å². The number of hydrogen-bond acceptors (Lipinski definition) is 4. The van der Waals surface area contributed by atoms with Crippen LogP contribution in [0.2, 0.25) is 0 Å². The van der Waals surface area contributed by atoms with Gasteiger partial charge in [-0.1, -0.05) is 24.3 Å². The maximum atomic E-state index is 12.4. The van der Waals surface area contributed by atoms with Crippen molar-refractivity contribution in [1.82, 2.24) is 9.88 Å². The summed E-state index contributed by atoms with van der Waals surface area (Å²) in [5, 5.41) is 10.1. The zero-order chi connectivity index (χ0) is 14.1. The second kappa shape index (κ2) is 5.13. The van der Waals surface area contributed by atoms with E-state index in [1.54, 1.807) is 6.07 Å². The molecule has 2 aromatic rings. The molecule has 0 bridgehead atoms. The van der Waals surface area contributed by atoms with Crippen LogP contribution in [0, 0.1) is 0 Å². The van der Waals surface area contributed by atoms with E-state index in [4.69, 9.17) is 5.11 Å². The molecule has 1 N–H and O–H groups in total. The van der Waals surface area contributed by atoms with E-state index in [0.29, 0.717) is 11.6 Å². The maximum Gasteiger partial charge on any atom is 0.327 e. The number of thioether (sulfide) groups is 1. The van der Waals surface area contributed by atoms with Gasteiger partial charge in [0.25, 0.3) is 5.91 Å². The van der Waals surface area contributed by atoms with E-state index in [0.717, 1.165) is 10.9 Å². The molecule has 1 fully saturated rings. The molecule has 0 spiro atoms. The molecule has 0 unspecified atom stereocenters. The quantitative estimate of drug-likeness (QED) is 0.913. The number of aromatic nitrogens is 1. The lowest BCUT2D eigenvalue weighted by molar-refractivity contribution is -0.140. The van der Waals surface area contributed by atoms with Crippen LogP contribution < -0.4 is 0 Å². The van der Waals surface area contributed by atoms with E-state index in [1.807, 2.05) is 30.3 Å². The predicted molar refractivity (Wildman–Crippen MR) is 76.7 cm³/mol. The summed E-state index contributed by atoms with van der Waals surface area (Å²) < 4.78 is 0. The van der Waals surface area contributed by atoms with Gasteiger partial charge >= 0.3 is 5.97 Å². The number of hydrogen-bond donors (Lipinski definition) is 1. The highest BCUT2D eigenvalue weighted by atomic mass is 32.2. The number of carboxylic acid groups (broad SMARTS) is 1. The van der Waals surface area contributed by atoms with Crippen LogP contribution in [0.3, 0.4) is 0 Å². The number of pyridine rings is 1. The summed E-state index contributed by atoms with van der Waals surface area (Å²) in [5.74, 6) is -0.476. The van der Waals surface area contributed by atoms with Crippen molar-refractivity contribution in [3.8, 4) is 0 Å². The molecule has 1 aliphatic heterocycles. The highest BCUT2D eigenvalue weighted by molar-refractivity contribution is 7.99. The maximum absolute atomic E-state index is 12.4. The first-order valence-corrected chi connectivity index (χ1v) is 7.29. The minimum Gasteiger partial charge on any atom is -0.480 e. The van der Waals surface area contributed by atoms with Crippen molar-refractivity contribution in [2.24, 2.45) is 0 Å². The Morgan fingerprint density at radius 3 is 2.85 bits per heavy atom. The van der Waals surface area contributed by atoms with E-state index in [9.17, 15) is 9.59 Å². The Bertz CT molecular complexity index is 689. The fourth-order valence-corrected chi connectivity index (χ4v) is 3.32. The van der Waals surface area contributed by atoms with Gasteiger partial charge < -0.3 is 10.0 Å². The van der Waals surface area contributed by atoms with Gasteiger partial charge in [0.1, 0.15) is 11.7 Å². The van der Waals surface area contributed by atoms with Gasteiger partial charge in [0, 0.05) is 11.1 Å². The number of nitrogens with zero attached hydrogens (tertiary/aromatic N) is 2. The van der Waals surface area contributed by atoms with Crippen molar-refractivity contribution in [2.45, 2.75) is 6.04 Å². The number of amides is 1. The Balaban J connectivity index is 1.94. The smallest absolute Gasteiger partial charge is 0.327 e. The average Bonchev–Trinajstić information content (AvgIpc) is 2.95. The number of para-hydroxylation sites is 1. The van der Waals surface area contributed by atoms with Crippen LogP contribution in [0.4, 0.5) is 0 Å². The largest absolute Gasteiger partial charge is 0.480 e. The van der Waals surface area contributed by atoms with E-state index in [1.165, 1.54) is 16.7 Å². The summed E-state index contributed by atoms with van der Waals surface area (Å²) >= 11 is 1.44. The molecule has 1 aromatic carbocycles. The van der Waals surface area contributed by atoms with Crippen molar-refractivity contribution in [3.05, 3.63) is 42.1 Å². The van der Waals surface area contributed by atoms with Gasteiger partial charge in [-0.15, -0.1) is 11.8 Å². The first kappa shape index (κ1) is 12.9.